The van der Waals surface area contributed by atoms with Gasteiger partial charge < -0.3 is 10.1 Å². The second-order valence-electron chi connectivity index (χ2n) is 5.33. The highest BCUT2D eigenvalue weighted by Gasteiger charge is 2.10. The summed E-state index contributed by atoms with van der Waals surface area (Å²) in [6, 6.07) is 15.3. The van der Waals surface area contributed by atoms with Crippen molar-refractivity contribution >= 4 is 29.3 Å². The molecular formula is C19H21NO3S. The Balaban J connectivity index is 1.82. The number of ether oxygens (including phenoxy) is 1. The molecule has 0 unspecified atom stereocenters. The molecule has 0 fully saturated rings. The molecule has 1 amide bonds. The van der Waals surface area contributed by atoms with E-state index in [1.165, 1.54) is 12.0 Å². The average Bonchev–Trinajstić information content (AvgIpc) is 2.61. The first kappa shape index (κ1) is 18.1. The molecule has 2 rings (SSSR count). The number of amides is 1. The Labute approximate surface area is 146 Å². The highest BCUT2D eigenvalue weighted by Crippen LogP contribution is 2.20. The number of carbonyl (C=O) groups excluding carboxylic acids is 2. The van der Waals surface area contributed by atoms with Crippen LogP contribution in [0.1, 0.15) is 28.8 Å². The van der Waals surface area contributed by atoms with Crippen LogP contribution in [0.25, 0.3) is 0 Å². The van der Waals surface area contributed by atoms with Crippen molar-refractivity contribution in [3.8, 4) is 0 Å². The molecule has 0 spiro atoms. The molecule has 5 heteroatoms. The first-order valence-corrected chi connectivity index (χ1v) is 8.75. The zero-order valence-corrected chi connectivity index (χ0v) is 14.7. The van der Waals surface area contributed by atoms with Gasteiger partial charge in [-0.25, -0.2) is 4.79 Å². The summed E-state index contributed by atoms with van der Waals surface area (Å²) in [5.74, 6) is 0.428. The second-order valence-corrected chi connectivity index (χ2v) is 6.50. The Morgan fingerprint density at radius 3 is 2.58 bits per heavy atom. The number of hydrogen-bond acceptors (Lipinski definition) is 4. The van der Waals surface area contributed by atoms with Gasteiger partial charge in [0.1, 0.15) is 0 Å². The minimum atomic E-state index is -0.412. The van der Waals surface area contributed by atoms with E-state index in [0.29, 0.717) is 17.7 Å². The lowest BCUT2D eigenvalue weighted by molar-refractivity contribution is -0.116. The van der Waals surface area contributed by atoms with Crippen LogP contribution in [0.5, 0.6) is 0 Å². The maximum Gasteiger partial charge on any atom is 0.337 e. The summed E-state index contributed by atoms with van der Waals surface area (Å²) in [5.41, 5.74) is 1.99. The number of anilines is 1. The Morgan fingerprint density at radius 2 is 1.88 bits per heavy atom. The molecule has 2 aromatic rings. The van der Waals surface area contributed by atoms with Crippen LogP contribution >= 0.6 is 11.8 Å². The van der Waals surface area contributed by atoms with E-state index in [-0.39, 0.29) is 5.91 Å². The molecule has 24 heavy (non-hydrogen) atoms. The van der Waals surface area contributed by atoms with Crippen molar-refractivity contribution in [2.45, 2.75) is 24.7 Å². The third-order valence-corrected chi connectivity index (χ3v) is 4.59. The number of carbonyl (C=O) groups is 2. The maximum absolute atomic E-state index is 12.1. The van der Waals surface area contributed by atoms with Gasteiger partial charge in [-0.05, 0) is 48.9 Å². The van der Waals surface area contributed by atoms with E-state index >= 15 is 0 Å². The topological polar surface area (TPSA) is 55.4 Å². The van der Waals surface area contributed by atoms with Gasteiger partial charge in [0.05, 0.1) is 12.7 Å². The van der Waals surface area contributed by atoms with Gasteiger partial charge in [0, 0.05) is 17.0 Å². The highest BCUT2D eigenvalue weighted by atomic mass is 32.2. The monoisotopic (exact) mass is 343 g/mol. The Hall–Kier alpha value is -2.27. The molecule has 1 N–H and O–H groups in total. The lowest BCUT2D eigenvalue weighted by atomic mass is 10.1. The summed E-state index contributed by atoms with van der Waals surface area (Å²) in [6.07, 6.45) is 1.24. The van der Waals surface area contributed by atoms with E-state index in [2.05, 4.69) is 17.4 Å². The van der Waals surface area contributed by atoms with Gasteiger partial charge in [-0.3, -0.25) is 4.79 Å². The molecule has 0 bridgehead atoms. The lowest BCUT2D eigenvalue weighted by Gasteiger charge is -2.10. The summed E-state index contributed by atoms with van der Waals surface area (Å²) >= 11 is 1.74. The predicted molar refractivity (Wildman–Crippen MR) is 97.5 cm³/mol. The molecule has 0 saturated carbocycles. The number of esters is 1. The predicted octanol–water partition coefficient (Wildman–Crippen LogP) is 4.29. The van der Waals surface area contributed by atoms with Gasteiger partial charge in [0.15, 0.2) is 0 Å². The van der Waals surface area contributed by atoms with Crippen molar-refractivity contribution in [2.75, 3.05) is 18.2 Å². The number of rotatable bonds is 7. The van der Waals surface area contributed by atoms with E-state index in [1.807, 2.05) is 25.1 Å². The Kier molecular flexibility index (Phi) is 6.88. The quantitative estimate of drug-likeness (QED) is 0.463. The second kappa shape index (κ2) is 9.13. The fourth-order valence-corrected chi connectivity index (χ4v) is 3.03. The maximum atomic E-state index is 12.1. The summed E-state index contributed by atoms with van der Waals surface area (Å²) in [5, 5.41) is 2.87. The van der Waals surface area contributed by atoms with E-state index in [4.69, 9.17) is 4.74 Å². The molecule has 0 heterocycles. The van der Waals surface area contributed by atoms with Crippen molar-refractivity contribution in [1.29, 1.82) is 0 Å². The summed E-state index contributed by atoms with van der Waals surface area (Å²) in [4.78, 5) is 24.9. The third kappa shape index (κ3) is 5.42. The van der Waals surface area contributed by atoms with Crippen LogP contribution in [-0.2, 0) is 9.53 Å². The minimum absolute atomic E-state index is 0.0474. The smallest absolute Gasteiger partial charge is 0.337 e. The van der Waals surface area contributed by atoms with E-state index < -0.39 is 5.97 Å². The number of nitrogens with one attached hydrogen (secondary N) is 1. The van der Waals surface area contributed by atoms with Gasteiger partial charge in [-0.2, -0.15) is 0 Å². The van der Waals surface area contributed by atoms with Gasteiger partial charge in [-0.1, -0.05) is 24.3 Å². The van der Waals surface area contributed by atoms with Crippen LogP contribution in [0.4, 0.5) is 5.69 Å². The summed E-state index contributed by atoms with van der Waals surface area (Å²) in [6.45, 7) is 1.89. The number of hydrogen-bond donors (Lipinski definition) is 1. The van der Waals surface area contributed by atoms with Gasteiger partial charge in [0.2, 0.25) is 5.91 Å². The SMILES string of the molecule is COC(=O)c1ccc(C)c(NC(=O)CCCSc2ccccc2)c1. The molecule has 4 nitrogen and oxygen atoms in total. The number of methoxy groups -OCH3 is 1. The van der Waals surface area contributed by atoms with Crippen molar-refractivity contribution in [3.63, 3.8) is 0 Å². The Morgan fingerprint density at radius 1 is 1.12 bits per heavy atom. The average molecular weight is 343 g/mol. The highest BCUT2D eigenvalue weighted by molar-refractivity contribution is 7.99. The van der Waals surface area contributed by atoms with Crippen LogP contribution in [0.3, 0.4) is 0 Å². The number of thioether (sulfide) groups is 1. The van der Waals surface area contributed by atoms with E-state index in [0.717, 1.165) is 17.7 Å². The minimum Gasteiger partial charge on any atom is -0.465 e. The zero-order chi connectivity index (χ0) is 17.4. The first-order chi connectivity index (χ1) is 11.6. The summed E-state index contributed by atoms with van der Waals surface area (Å²) in [7, 11) is 1.34. The largest absolute Gasteiger partial charge is 0.465 e. The molecule has 0 saturated heterocycles. The molecule has 0 aliphatic carbocycles. The third-order valence-electron chi connectivity index (χ3n) is 3.49. The normalized spacial score (nSPS) is 10.2. The molecule has 0 aliphatic rings. The summed E-state index contributed by atoms with van der Waals surface area (Å²) < 4.78 is 4.70. The van der Waals surface area contributed by atoms with Crippen LogP contribution in [0, 0.1) is 6.92 Å². The molecule has 2 aromatic carbocycles. The van der Waals surface area contributed by atoms with Crippen molar-refractivity contribution < 1.29 is 14.3 Å². The molecule has 0 radical (unpaired) electrons. The van der Waals surface area contributed by atoms with Crippen molar-refractivity contribution in [1.82, 2.24) is 0 Å². The number of benzene rings is 2. The van der Waals surface area contributed by atoms with Crippen molar-refractivity contribution in [3.05, 3.63) is 59.7 Å². The lowest BCUT2D eigenvalue weighted by Crippen LogP contribution is -2.13. The van der Waals surface area contributed by atoms with Crippen LogP contribution in [0.15, 0.2) is 53.4 Å². The van der Waals surface area contributed by atoms with Crippen LogP contribution in [-0.4, -0.2) is 24.7 Å². The van der Waals surface area contributed by atoms with E-state index in [9.17, 15) is 9.59 Å². The molecule has 0 aliphatic heterocycles. The standard InChI is InChI=1S/C19H21NO3S/c1-14-10-11-15(19(22)23-2)13-17(14)20-18(21)9-6-12-24-16-7-4-3-5-8-16/h3-5,7-8,10-11,13H,6,9,12H2,1-2H3,(H,20,21). The Bertz CT molecular complexity index is 701. The molecule has 126 valence electrons. The first-order valence-electron chi connectivity index (χ1n) is 7.77. The van der Waals surface area contributed by atoms with Gasteiger partial charge in [0.25, 0.3) is 0 Å². The number of aryl methyl sites for hydroxylation is 1. The zero-order valence-electron chi connectivity index (χ0n) is 13.9. The van der Waals surface area contributed by atoms with Crippen LogP contribution < -0.4 is 5.32 Å². The fraction of sp³-hybridized carbons (Fsp3) is 0.263. The van der Waals surface area contributed by atoms with E-state index in [1.54, 1.807) is 30.0 Å². The van der Waals surface area contributed by atoms with Crippen molar-refractivity contribution in [2.24, 2.45) is 0 Å². The van der Waals surface area contributed by atoms with Gasteiger partial charge in [-0.15, -0.1) is 11.8 Å². The molecule has 0 atom stereocenters. The fourth-order valence-electron chi connectivity index (χ4n) is 2.15. The molecule has 0 aromatic heterocycles. The molecular weight excluding hydrogens is 322 g/mol. The van der Waals surface area contributed by atoms with Crippen LogP contribution in [0.2, 0.25) is 0 Å². The van der Waals surface area contributed by atoms with Gasteiger partial charge >= 0.3 is 5.97 Å².